The molecule has 2 heterocycles. The number of hydrogen-bond acceptors (Lipinski definition) is 2. The summed E-state index contributed by atoms with van der Waals surface area (Å²) >= 11 is 0. The standard InChI is InChI=1S/C26H32FN3O/c1-17(2)30(18(3)4)26(31)22-14-20(27)10-11-24(22)29-16-23(19-8-6-5-7-9-19)21-12-13-28-15-25(21)29/h10-19H,5-9H2,1-4H3. The lowest BCUT2D eigenvalue weighted by molar-refractivity contribution is 0.0643. The molecule has 164 valence electrons. The Morgan fingerprint density at radius 3 is 2.48 bits per heavy atom. The number of carbonyl (C=O) groups is 1. The highest BCUT2D eigenvalue weighted by molar-refractivity contribution is 5.99. The third kappa shape index (κ3) is 4.10. The fourth-order valence-electron chi connectivity index (χ4n) is 5.13. The molecule has 4 nitrogen and oxygen atoms in total. The quantitative estimate of drug-likeness (QED) is 0.473. The highest BCUT2D eigenvalue weighted by Crippen LogP contribution is 2.38. The third-order valence-corrected chi connectivity index (χ3v) is 6.48. The van der Waals surface area contributed by atoms with Crippen molar-refractivity contribution >= 4 is 16.8 Å². The lowest BCUT2D eigenvalue weighted by Crippen LogP contribution is -2.42. The lowest BCUT2D eigenvalue weighted by atomic mass is 9.84. The Morgan fingerprint density at radius 2 is 1.81 bits per heavy atom. The third-order valence-electron chi connectivity index (χ3n) is 6.48. The molecule has 0 radical (unpaired) electrons. The minimum absolute atomic E-state index is 0.0180. The van der Waals surface area contributed by atoms with Crippen LogP contribution in [0.1, 0.15) is 81.6 Å². The molecule has 5 heteroatoms. The van der Waals surface area contributed by atoms with E-state index in [0.29, 0.717) is 17.2 Å². The Hall–Kier alpha value is -2.69. The van der Waals surface area contributed by atoms with E-state index in [0.717, 1.165) is 5.52 Å². The van der Waals surface area contributed by atoms with Crippen LogP contribution in [-0.4, -0.2) is 32.4 Å². The van der Waals surface area contributed by atoms with E-state index in [1.165, 1.54) is 55.2 Å². The highest BCUT2D eigenvalue weighted by atomic mass is 19.1. The van der Waals surface area contributed by atoms with Crippen molar-refractivity contribution in [3.63, 3.8) is 0 Å². The van der Waals surface area contributed by atoms with Gasteiger partial charge in [-0.15, -0.1) is 0 Å². The van der Waals surface area contributed by atoms with Gasteiger partial charge in [0.05, 0.1) is 23.0 Å². The maximum Gasteiger partial charge on any atom is 0.256 e. The summed E-state index contributed by atoms with van der Waals surface area (Å²) in [4.78, 5) is 19.7. The number of pyridine rings is 1. The van der Waals surface area contributed by atoms with Gasteiger partial charge in [0.15, 0.2) is 0 Å². The molecule has 0 bridgehead atoms. The summed E-state index contributed by atoms with van der Waals surface area (Å²) in [6.07, 6.45) is 12.0. The van der Waals surface area contributed by atoms with Crippen molar-refractivity contribution < 1.29 is 9.18 Å². The topological polar surface area (TPSA) is 38.1 Å². The number of benzene rings is 1. The second-order valence-electron chi connectivity index (χ2n) is 9.24. The molecule has 1 saturated carbocycles. The van der Waals surface area contributed by atoms with Crippen molar-refractivity contribution in [2.45, 2.75) is 77.8 Å². The van der Waals surface area contributed by atoms with Crippen molar-refractivity contribution in [1.82, 2.24) is 14.5 Å². The first-order valence-electron chi connectivity index (χ1n) is 11.5. The van der Waals surface area contributed by atoms with Crippen molar-refractivity contribution in [3.8, 4) is 5.69 Å². The summed E-state index contributed by atoms with van der Waals surface area (Å²) in [6.45, 7) is 7.97. The SMILES string of the molecule is CC(C)N(C(=O)c1cc(F)ccc1-n1cc(C2CCCCC2)c2ccncc21)C(C)C. The van der Waals surface area contributed by atoms with Gasteiger partial charge in [0.2, 0.25) is 0 Å². The fourth-order valence-corrected chi connectivity index (χ4v) is 5.13. The van der Waals surface area contributed by atoms with E-state index in [1.54, 1.807) is 6.07 Å². The average molecular weight is 422 g/mol. The van der Waals surface area contributed by atoms with Gasteiger partial charge < -0.3 is 9.47 Å². The van der Waals surface area contributed by atoms with Gasteiger partial charge in [-0.25, -0.2) is 4.39 Å². The molecule has 0 N–H and O–H groups in total. The molecule has 4 rings (SSSR count). The average Bonchev–Trinajstić information content (AvgIpc) is 3.13. The number of fused-ring (bicyclic) bond motifs is 1. The highest BCUT2D eigenvalue weighted by Gasteiger charge is 2.27. The maximum absolute atomic E-state index is 14.3. The van der Waals surface area contributed by atoms with Gasteiger partial charge in [-0.1, -0.05) is 19.3 Å². The first-order valence-corrected chi connectivity index (χ1v) is 11.5. The van der Waals surface area contributed by atoms with Crippen LogP contribution in [0.3, 0.4) is 0 Å². The number of carbonyl (C=O) groups excluding carboxylic acids is 1. The predicted octanol–water partition coefficient (Wildman–Crippen LogP) is 6.47. The van der Waals surface area contributed by atoms with Gasteiger partial charge >= 0.3 is 0 Å². The minimum atomic E-state index is -0.401. The van der Waals surface area contributed by atoms with Gasteiger partial charge in [-0.2, -0.15) is 0 Å². The number of rotatable bonds is 5. The first kappa shape index (κ1) is 21.5. The Kier molecular flexibility index (Phi) is 6.12. The molecular weight excluding hydrogens is 389 g/mol. The number of halogens is 1. The Balaban J connectivity index is 1.88. The molecule has 0 spiro atoms. The van der Waals surface area contributed by atoms with E-state index in [4.69, 9.17) is 0 Å². The van der Waals surface area contributed by atoms with Crippen LogP contribution in [0.2, 0.25) is 0 Å². The van der Waals surface area contributed by atoms with Crippen LogP contribution in [-0.2, 0) is 0 Å². The summed E-state index contributed by atoms with van der Waals surface area (Å²) in [5.74, 6) is -0.0339. The summed E-state index contributed by atoms with van der Waals surface area (Å²) < 4.78 is 16.3. The van der Waals surface area contributed by atoms with Crippen molar-refractivity contribution in [1.29, 1.82) is 0 Å². The molecular formula is C26H32FN3O. The molecule has 1 aromatic carbocycles. The number of aromatic nitrogens is 2. The maximum atomic E-state index is 14.3. The summed E-state index contributed by atoms with van der Waals surface area (Å²) in [5, 5.41) is 1.18. The van der Waals surface area contributed by atoms with E-state index >= 15 is 0 Å². The van der Waals surface area contributed by atoms with Gasteiger partial charge in [-0.05, 0) is 76.3 Å². The molecule has 3 aromatic rings. The van der Waals surface area contributed by atoms with Gasteiger partial charge in [-0.3, -0.25) is 9.78 Å². The second kappa shape index (κ2) is 8.81. The van der Waals surface area contributed by atoms with Crippen molar-refractivity contribution in [2.75, 3.05) is 0 Å². The molecule has 31 heavy (non-hydrogen) atoms. The largest absolute Gasteiger partial charge is 0.334 e. The van der Waals surface area contributed by atoms with Crippen LogP contribution in [0.15, 0.2) is 42.9 Å². The summed E-state index contributed by atoms with van der Waals surface area (Å²) in [6, 6.07) is 6.63. The molecule has 1 aliphatic carbocycles. The van der Waals surface area contributed by atoms with Crippen LogP contribution >= 0.6 is 0 Å². The van der Waals surface area contributed by atoms with Crippen LogP contribution in [0, 0.1) is 5.82 Å². The van der Waals surface area contributed by atoms with E-state index in [1.807, 2.05) is 49.6 Å². The zero-order chi connectivity index (χ0) is 22.1. The summed E-state index contributed by atoms with van der Waals surface area (Å²) in [7, 11) is 0. The zero-order valence-corrected chi connectivity index (χ0v) is 18.9. The van der Waals surface area contributed by atoms with Crippen LogP contribution in [0.4, 0.5) is 4.39 Å². The van der Waals surface area contributed by atoms with Gasteiger partial charge in [0.25, 0.3) is 5.91 Å². The first-order chi connectivity index (χ1) is 14.9. The Morgan fingerprint density at radius 1 is 1.10 bits per heavy atom. The minimum Gasteiger partial charge on any atom is -0.334 e. The molecule has 0 aliphatic heterocycles. The molecule has 1 amide bonds. The fraction of sp³-hybridized carbons (Fsp3) is 0.462. The molecule has 1 fully saturated rings. The molecule has 0 saturated heterocycles. The van der Waals surface area contributed by atoms with Gasteiger partial charge in [0.1, 0.15) is 5.82 Å². The van der Waals surface area contributed by atoms with Crippen molar-refractivity contribution in [3.05, 3.63) is 59.8 Å². The predicted molar refractivity (Wildman–Crippen MR) is 123 cm³/mol. The Bertz CT molecular complexity index is 1070. The van der Waals surface area contributed by atoms with E-state index < -0.39 is 5.82 Å². The van der Waals surface area contributed by atoms with Crippen LogP contribution < -0.4 is 0 Å². The molecule has 1 aliphatic rings. The zero-order valence-electron chi connectivity index (χ0n) is 18.9. The Labute approximate surface area is 184 Å². The molecule has 2 aromatic heterocycles. The van der Waals surface area contributed by atoms with Crippen LogP contribution in [0.5, 0.6) is 0 Å². The van der Waals surface area contributed by atoms with Crippen molar-refractivity contribution in [2.24, 2.45) is 0 Å². The summed E-state index contributed by atoms with van der Waals surface area (Å²) in [5.41, 5.74) is 3.37. The second-order valence-corrected chi connectivity index (χ2v) is 9.24. The van der Waals surface area contributed by atoms with E-state index in [-0.39, 0.29) is 18.0 Å². The smallest absolute Gasteiger partial charge is 0.256 e. The van der Waals surface area contributed by atoms with Gasteiger partial charge in [0, 0.05) is 29.9 Å². The van der Waals surface area contributed by atoms with Crippen LogP contribution in [0.25, 0.3) is 16.6 Å². The number of hydrogen-bond donors (Lipinski definition) is 0. The number of amides is 1. The molecule has 0 unspecified atom stereocenters. The normalized spacial score (nSPS) is 15.2. The lowest BCUT2D eigenvalue weighted by Gasteiger charge is -2.31. The monoisotopic (exact) mass is 421 g/mol. The number of nitrogens with zero attached hydrogens (tertiary/aromatic N) is 3. The molecule has 0 atom stereocenters. The van der Waals surface area contributed by atoms with E-state index in [9.17, 15) is 9.18 Å². The van der Waals surface area contributed by atoms with E-state index in [2.05, 4.69) is 17.2 Å².